The molecule has 23 heavy (non-hydrogen) atoms. The molecule has 0 fully saturated rings. The van der Waals surface area contributed by atoms with Crippen molar-refractivity contribution in [2.24, 2.45) is 0 Å². The summed E-state index contributed by atoms with van der Waals surface area (Å²) in [6, 6.07) is 16.2. The molecule has 2 unspecified atom stereocenters. The fourth-order valence-corrected chi connectivity index (χ4v) is 3.91. The number of thiophene rings is 1. The van der Waals surface area contributed by atoms with Gasteiger partial charge in [0.2, 0.25) is 0 Å². The maximum atomic E-state index is 10.3. The minimum absolute atomic E-state index is 0.293. The van der Waals surface area contributed by atoms with Gasteiger partial charge in [0.25, 0.3) is 0 Å². The standard InChI is InChI=1S/C19H20ClNOS/c1-13(9-15-12-23-19-8-3-2-7-17(15)19)21-11-18(22)14-5-4-6-16(20)10-14/h2-8,10,12-13,18,21-22H,9,11H2,1H3. The Bertz CT molecular complexity index is 786. The lowest BCUT2D eigenvalue weighted by Gasteiger charge is -2.17. The van der Waals surface area contributed by atoms with Crippen LogP contribution < -0.4 is 5.32 Å². The third kappa shape index (κ3) is 4.12. The van der Waals surface area contributed by atoms with Crippen LogP contribution in [0.5, 0.6) is 0 Å². The molecule has 0 amide bonds. The molecule has 0 saturated carbocycles. The van der Waals surface area contributed by atoms with Crippen LogP contribution in [0.1, 0.15) is 24.2 Å². The first-order valence-corrected chi connectivity index (χ1v) is 9.01. The van der Waals surface area contributed by atoms with Gasteiger partial charge in [-0.15, -0.1) is 11.3 Å². The second-order valence-electron chi connectivity index (χ2n) is 5.84. The summed E-state index contributed by atoms with van der Waals surface area (Å²) >= 11 is 7.76. The Morgan fingerprint density at radius 2 is 2.00 bits per heavy atom. The molecule has 1 aromatic heterocycles. The van der Waals surface area contributed by atoms with E-state index in [2.05, 4.69) is 41.9 Å². The third-order valence-corrected chi connectivity index (χ3v) is 5.23. The van der Waals surface area contributed by atoms with Gasteiger partial charge in [-0.1, -0.05) is 41.9 Å². The summed E-state index contributed by atoms with van der Waals surface area (Å²) in [5, 5.41) is 17.9. The Kier molecular flexibility index (Phi) is 5.34. The van der Waals surface area contributed by atoms with Gasteiger partial charge in [0.05, 0.1) is 6.10 Å². The fraction of sp³-hybridized carbons (Fsp3) is 0.263. The first-order chi connectivity index (χ1) is 11.1. The van der Waals surface area contributed by atoms with Crippen LogP contribution in [-0.2, 0) is 6.42 Å². The first-order valence-electron chi connectivity index (χ1n) is 7.75. The van der Waals surface area contributed by atoms with Crippen molar-refractivity contribution in [1.29, 1.82) is 0 Å². The van der Waals surface area contributed by atoms with Crippen LogP contribution in [0, 0.1) is 0 Å². The molecule has 120 valence electrons. The van der Waals surface area contributed by atoms with Crippen LogP contribution in [0.15, 0.2) is 53.9 Å². The number of rotatable bonds is 6. The van der Waals surface area contributed by atoms with E-state index in [1.165, 1.54) is 15.6 Å². The van der Waals surface area contributed by atoms with Crippen LogP contribution in [0.3, 0.4) is 0 Å². The molecule has 1 heterocycles. The molecule has 0 aliphatic carbocycles. The average Bonchev–Trinajstić information content (AvgIpc) is 2.96. The molecular weight excluding hydrogens is 326 g/mol. The van der Waals surface area contributed by atoms with Gasteiger partial charge in [-0.3, -0.25) is 0 Å². The second-order valence-corrected chi connectivity index (χ2v) is 7.19. The van der Waals surface area contributed by atoms with Crippen LogP contribution in [0.2, 0.25) is 5.02 Å². The highest BCUT2D eigenvalue weighted by Crippen LogP contribution is 2.26. The van der Waals surface area contributed by atoms with Crippen molar-refractivity contribution in [2.75, 3.05) is 6.54 Å². The molecule has 0 spiro atoms. The highest BCUT2D eigenvalue weighted by atomic mass is 35.5. The molecule has 0 aliphatic heterocycles. The van der Waals surface area contributed by atoms with E-state index in [9.17, 15) is 5.11 Å². The summed E-state index contributed by atoms with van der Waals surface area (Å²) < 4.78 is 1.33. The van der Waals surface area contributed by atoms with E-state index in [1.807, 2.05) is 24.3 Å². The Morgan fingerprint density at radius 3 is 2.83 bits per heavy atom. The largest absolute Gasteiger partial charge is 0.387 e. The SMILES string of the molecule is CC(Cc1csc2ccccc12)NCC(O)c1cccc(Cl)c1. The fourth-order valence-electron chi connectivity index (χ4n) is 2.74. The van der Waals surface area contributed by atoms with E-state index >= 15 is 0 Å². The predicted octanol–water partition coefficient (Wildman–Crippen LogP) is 4.81. The number of aliphatic hydroxyl groups is 1. The van der Waals surface area contributed by atoms with E-state index < -0.39 is 6.10 Å². The van der Waals surface area contributed by atoms with Crippen molar-refractivity contribution >= 4 is 33.0 Å². The summed E-state index contributed by atoms with van der Waals surface area (Å²) in [6.07, 6.45) is 0.405. The minimum atomic E-state index is -0.546. The Hall–Kier alpha value is -1.39. The van der Waals surface area contributed by atoms with E-state index in [0.717, 1.165) is 12.0 Å². The van der Waals surface area contributed by atoms with Gasteiger partial charge >= 0.3 is 0 Å². The quantitative estimate of drug-likeness (QED) is 0.672. The molecule has 2 N–H and O–H groups in total. The zero-order valence-electron chi connectivity index (χ0n) is 13.0. The number of fused-ring (bicyclic) bond motifs is 1. The van der Waals surface area contributed by atoms with Gasteiger partial charge in [-0.2, -0.15) is 0 Å². The van der Waals surface area contributed by atoms with Gasteiger partial charge in [0.15, 0.2) is 0 Å². The molecule has 3 rings (SSSR count). The molecule has 4 heteroatoms. The average molecular weight is 346 g/mol. The molecular formula is C19H20ClNOS. The molecule has 0 radical (unpaired) electrons. The zero-order chi connectivity index (χ0) is 16.2. The maximum absolute atomic E-state index is 10.3. The minimum Gasteiger partial charge on any atom is -0.387 e. The van der Waals surface area contributed by atoms with Crippen molar-refractivity contribution in [3.63, 3.8) is 0 Å². The molecule has 2 atom stereocenters. The lowest BCUT2D eigenvalue weighted by atomic mass is 10.1. The molecule has 0 bridgehead atoms. The second kappa shape index (κ2) is 7.45. The number of aliphatic hydroxyl groups excluding tert-OH is 1. The van der Waals surface area contributed by atoms with Gasteiger partial charge < -0.3 is 10.4 Å². The molecule has 2 nitrogen and oxygen atoms in total. The first kappa shape index (κ1) is 16.5. The van der Waals surface area contributed by atoms with Crippen LogP contribution in [-0.4, -0.2) is 17.7 Å². The highest BCUT2D eigenvalue weighted by Gasteiger charge is 2.12. The Morgan fingerprint density at radius 1 is 1.17 bits per heavy atom. The van der Waals surface area contributed by atoms with Gasteiger partial charge in [0, 0.05) is 22.3 Å². The zero-order valence-corrected chi connectivity index (χ0v) is 14.6. The van der Waals surface area contributed by atoms with Crippen molar-refractivity contribution in [3.05, 3.63) is 70.1 Å². The number of halogens is 1. The van der Waals surface area contributed by atoms with Crippen LogP contribution >= 0.6 is 22.9 Å². The van der Waals surface area contributed by atoms with Gasteiger partial charge in [-0.05, 0) is 53.4 Å². The monoisotopic (exact) mass is 345 g/mol. The number of hydrogen-bond acceptors (Lipinski definition) is 3. The number of benzene rings is 2. The van der Waals surface area contributed by atoms with Gasteiger partial charge in [-0.25, -0.2) is 0 Å². The van der Waals surface area contributed by atoms with Crippen molar-refractivity contribution in [2.45, 2.75) is 25.5 Å². The molecule has 2 aromatic carbocycles. The van der Waals surface area contributed by atoms with Crippen molar-refractivity contribution < 1.29 is 5.11 Å². The van der Waals surface area contributed by atoms with Crippen molar-refractivity contribution in [3.8, 4) is 0 Å². The number of hydrogen-bond donors (Lipinski definition) is 2. The number of nitrogens with one attached hydrogen (secondary N) is 1. The van der Waals surface area contributed by atoms with Crippen molar-refractivity contribution in [1.82, 2.24) is 5.32 Å². The van der Waals surface area contributed by atoms with Gasteiger partial charge in [0.1, 0.15) is 0 Å². The van der Waals surface area contributed by atoms with E-state index in [4.69, 9.17) is 11.6 Å². The summed E-state index contributed by atoms with van der Waals surface area (Å²) in [5.74, 6) is 0. The summed E-state index contributed by atoms with van der Waals surface area (Å²) in [4.78, 5) is 0. The van der Waals surface area contributed by atoms with E-state index in [1.54, 1.807) is 11.3 Å². The van der Waals surface area contributed by atoms with Crippen LogP contribution in [0.25, 0.3) is 10.1 Å². The van der Waals surface area contributed by atoms with Crippen LogP contribution in [0.4, 0.5) is 0 Å². The van der Waals surface area contributed by atoms with E-state index in [0.29, 0.717) is 17.6 Å². The molecule has 3 aromatic rings. The Balaban J connectivity index is 1.58. The lowest BCUT2D eigenvalue weighted by molar-refractivity contribution is 0.170. The predicted molar refractivity (Wildman–Crippen MR) is 99.4 cm³/mol. The smallest absolute Gasteiger partial charge is 0.0914 e. The lowest BCUT2D eigenvalue weighted by Crippen LogP contribution is -2.32. The summed E-state index contributed by atoms with van der Waals surface area (Å²) in [7, 11) is 0. The summed E-state index contributed by atoms with van der Waals surface area (Å²) in [6.45, 7) is 2.67. The third-order valence-electron chi connectivity index (χ3n) is 3.98. The maximum Gasteiger partial charge on any atom is 0.0914 e. The summed E-state index contributed by atoms with van der Waals surface area (Å²) in [5.41, 5.74) is 2.21. The molecule has 0 saturated heterocycles. The highest BCUT2D eigenvalue weighted by molar-refractivity contribution is 7.17. The Labute approximate surface area is 145 Å². The topological polar surface area (TPSA) is 32.3 Å². The normalized spacial score (nSPS) is 14.0. The molecule has 0 aliphatic rings. The van der Waals surface area contributed by atoms with E-state index in [-0.39, 0.29) is 0 Å².